The summed E-state index contributed by atoms with van der Waals surface area (Å²) in [7, 11) is 0. The molecule has 2 unspecified atom stereocenters. The van der Waals surface area contributed by atoms with Gasteiger partial charge in [0.05, 0.1) is 23.5 Å². The van der Waals surface area contributed by atoms with Gasteiger partial charge in [-0.3, -0.25) is 0 Å². The fourth-order valence-corrected chi connectivity index (χ4v) is 12.2. The van der Waals surface area contributed by atoms with E-state index >= 15 is 0 Å². The van der Waals surface area contributed by atoms with Crippen molar-refractivity contribution in [3.05, 3.63) is 296 Å². The molecule has 0 amide bonds. The number of anilines is 4. The smallest absolute Gasteiger partial charge is 0.0961 e. The van der Waals surface area contributed by atoms with Crippen molar-refractivity contribution >= 4 is 33.9 Å². The van der Waals surface area contributed by atoms with Crippen molar-refractivity contribution < 1.29 is 0 Å². The molecule has 0 saturated heterocycles. The van der Waals surface area contributed by atoms with E-state index in [1.54, 1.807) is 0 Å². The van der Waals surface area contributed by atoms with E-state index in [-0.39, 0.29) is 17.3 Å². The van der Waals surface area contributed by atoms with Gasteiger partial charge >= 0.3 is 0 Å². The van der Waals surface area contributed by atoms with Crippen LogP contribution in [0.25, 0.3) is 11.1 Å². The lowest BCUT2D eigenvalue weighted by atomic mass is 9.75. The number of hydrogen-bond donors (Lipinski definition) is 0. The number of allylic oxidation sites excluding steroid dienone is 14. The van der Waals surface area contributed by atoms with Crippen LogP contribution in [0, 0.1) is 22.7 Å². The van der Waals surface area contributed by atoms with Crippen molar-refractivity contribution in [2.24, 2.45) is 0 Å². The number of benzene rings is 6. The molecule has 4 nitrogen and oxygen atoms in total. The number of nitrogens with zero attached hydrogens (tertiary/aromatic N) is 4. The lowest BCUT2D eigenvalue weighted by Gasteiger charge is -2.32. The molecule has 11 rings (SSSR count). The second kappa shape index (κ2) is 21.2. The minimum absolute atomic E-state index is 0.0456. The van der Waals surface area contributed by atoms with Crippen LogP contribution < -0.4 is 9.80 Å². The largest absolute Gasteiger partial charge is 0.313 e. The molecular formula is C72H62N4. The molecule has 0 aromatic heterocycles. The zero-order valence-corrected chi connectivity index (χ0v) is 44.1. The molecule has 4 heteroatoms. The summed E-state index contributed by atoms with van der Waals surface area (Å²) in [5.74, 6) is 0. The third-order valence-corrected chi connectivity index (χ3v) is 16.6. The average Bonchev–Trinajstić information content (AvgIpc) is 3.63. The van der Waals surface area contributed by atoms with Gasteiger partial charge < -0.3 is 9.80 Å². The normalized spacial score (nSPS) is 25.3. The Morgan fingerprint density at radius 1 is 0.500 bits per heavy atom. The zero-order chi connectivity index (χ0) is 52.2. The molecule has 0 N–H and O–H groups in total. The Balaban J connectivity index is 1.14. The maximum absolute atomic E-state index is 11.2. The minimum Gasteiger partial charge on any atom is -0.313 e. The van der Waals surface area contributed by atoms with Crippen LogP contribution in [0.1, 0.15) is 99.6 Å². The lowest BCUT2D eigenvalue weighted by molar-refractivity contribution is 0.456. The quantitative estimate of drug-likeness (QED) is 0.113. The van der Waals surface area contributed by atoms with Crippen molar-refractivity contribution in [3.63, 3.8) is 0 Å². The first kappa shape index (κ1) is 49.3. The van der Waals surface area contributed by atoms with Crippen molar-refractivity contribution in [2.45, 2.75) is 89.9 Å². The van der Waals surface area contributed by atoms with E-state index in [9.17, 15) is 10.5 Å². The summed E-state index contributed by atoms with van der Waals surface area (Å²) in [6, 6.07) is 61.8. The van der Waals surface area contributed by atoms with Crippen LogP contribution in [0.4, 0.5) is 22.7 Å². The third-order valence-electron chi connectivity index (χ3n) is 16.6. The topological polar surface area (TPSA) is 54.1 Å². The van der Waals surface area contributed by atoms with Crippen molar-refractivity contribution in [1.82, 2.24) is 0 Å². The van der Waals surface area contributed by atoms with Crippen LogP contribution in [0.15, 0.2) is 263 Å². The summed E-state index contributed by atoms with van der Waals surface area (Å²) in [5.41, 5.74) is 28.1. The molecule has 0 saturated carbocycles. The maximum Gasteiger partial charge on any atom is 0.0961 e. The number of hydrogen-bond acceptors (Lipinski definition) is 4. The molecule has 6 aromatic rings. The molecular weight excluding hydrogens is 921 g/mol. The summed E-state index contributed by atoms with van der Waals surface area (Å²) in [6.45, 7) is 9.39. The molecule has 0 fully saturated rings. The van der Waals surface area contributed by atoms with Crippen LogP contribution in [0.3, 0.4) is 0 Å². The highest BCUT2D eigenvalue weighted by molar-refractivity contribution is 6.10. The van der Waals surface area contributed by atoms with Gasteiger partial charge in [-0.25, -0.2) is 0 Å². The van der Waals surface area contributed by atoms with Gasteiger partial charge in [0.1, 0.15) is 0 Å². The van der Waals surface area contributed by atoms with Gasteiger partial charge in [0.2, 0.25) is 0 Å². The Bertz CT molecular complexity index is 3750. The minimum atomic E-state index is -0.0771. The fraction of sp³-hybridized carbons (Fsp3) is 0.194. The van der Waals surface area contributed by atoms with Gasteiger partial charge in [-0.2, -0.15) is 10.5 Å². The van der Waals surface area contributed by atoms with E-state index in [0.717, 1.165) is 99.4 Å². The van der Waals surface area contributed by atoms with E-state index in [1.165, 1.54) is 33.6 Å². The van der Waals surface area contributed by atoms with E-state index in [1.807, 2.05) is 12.2 Å². The summed E-state index contributed by atoms with van der Waals surface area (Å²) in [5, 5.41) is 22.5. The molecule has 2 atom stereocenters. The van der Waals surface area contributed by atoms with E-state index in [0.29, 0.717) is 24.0 Å². The van der Waals surface area contributed by atoms with Gasteiger partial charge in [-0.1, -0.05) is 185 Å². The Labute approximate surface area is 450 Å². The van der Waals surface area contributed by atoms with Gasteiger partial charge in [-0.05, 0) is 159 Å². The van der Waals surface area contributed by atoms with Gasteiger partial charge in [0.25, 0.3) is 0 Å². The summed E-state index contributed by atoms with van der Waals surface area (Å²) in [4.78, 5) is 4.85. The first-order chi connectivity index (χ1) is 37.3. The molecule has 6 aromatic carbocycles. The second-order valence-electron chi connectivity index (χ2n) is 21.1. The summed E-state index contributed by atoms with van der Waals surface area (Å²) >= 11 is 0. The highest BCUT2D eigenvalue weighted by atomic mass is 15.2. The molecule has 2 heterocycles. The van der Waals surface area contributed by atoms with Gasteiger partial charge in [0, 0.05) is 58.7 Å². The summed E-state index contributed by atoms with van der Waals surface area (Å²) < 4.78 is 0. The Morgan fingerprint density at radius 3 is 1.55 bits per heavy atom. The zero-order valence-electron chi connectivity index (χ0n) is 44.1. The van der Waals surface area contributed by atoms with Crippen LogP contribution in [-0.2, 0) is 23.7 Å². The molecule has 76 heavy (non-hydrogen) atoms. The summed E-state index contributed by atoms with van der Waals surface area (Å²) in [6.07, 6.45) is 23.2. The highest BCUT2D eigenvalue weighted by Crippen LogP contribution is 2.51. The predicted octanol–water partition coefficient (Wildman–Crippen LogP) is 18.0. The lowest BCUT2D eigenvalue weighted by Crippen LogP contribution is -2.24. The van der Waals surface area contributed by atoms with E-state index in [2.05, 4.69) is 255 Å². The van der Waals surface area contributed by atoms with Crippen molar-refractivity contribution in [1.29, 1.82) is 10.5 Å². The molecule has 5 aliphatic rings. The average molecular weight is 983 g/mol. The van der Waals surface area contributed by atoms with Gasteiger partial charge in [-0.15, -0.1) is 5.73 Å². The molecule has 3 aliphatic carbocycles. The highest BCUT2D eigenvalue weighted by Gasteiger charge is 2.37. The van der Waals surface area contributed by atoms with Crippen molar-refractivity contribution in [2.75, 3.05) is 9.80 Å². The van der Waals surface area contributed by atoms with Crippen LogP contribution in [0.2, 0.25) is 0 Å². The van der Waals surface area contributed by atoms with Crippen LogP contribution in [0.5, 0.6) is 0 Å². The number of rotatable bonds is 8. The number of fused-ring (bicyclic) bond motifs is 4. The molecule has 0 radical (unpaired) electrons. The number of para-hydroxylation sites is 4. The molecule has 0 bridgehead atoms. The first-order valence-corrected chi connectivity index (χ1v) is 27.0. The standard InChI is InChI=1S/C72H62N4/c1-5-71(3)47-55-31-15-21-37-65(55)75(67-39-23-19-35-63(67)71)59-33-17-13-25-51(41-43-59)61-45-57(49-73)58(50-74)46-62(70(54-29-11-8-12-30-54)69(61)53-27-9-7-10-28-53)52-26-14-18-34-60(44-42-52)76-66-38-22-16-32-56(66)48-72(4,6-2)64-36-20-24-40-68(64)76/h7-24,27-32,35-44H,5-6,25,33,45-48H2,1-4H3/b17-13-,44-42-,51-41-,58-57-,59-43+,69-61+,70-62+. The Kier molecular flexibility index (Phi) is 13.7. The van der Waals surface area contributed by atoms with Crippen molar-refractivity contribution in [3.8, 4) is 12.1 Å². The van der Waals surface area contributed by atoms with E-state index in [4.69, 9.17) is 0 Å². The van der Waals surface area contributed by atoms with Crippen LogP contribution >= 0.6 is 0 Å². The molecule has 370 valence electrons. The third kappa shape index (κ3) is 9.14. The SMILES string of the molecule is CCC1(C)Cc2ccccc2N(C2=C=CC=C=C(/C3=C(c4ccccc4)/C(c4ccccc4)=C(/C4=C\C=C(\N5c6ccccc6CC(C)(CC)c6ccccc65)C/C=C\C4)C/C(C#N)=C(/C#N)C3)/C=C\2)c2ccccc21. The maximum atomic E-state index is 11.2. The van der Waals surface area contributed by atoms with E-state index < -0.39 is 0 Å². The first-order valence-electron chi connectivity index (χ1n) is 27.0. The Hall–Kier alpha value is -8.88. The predicted molar refractivity (Wildman–Crippen MR) is 314 cm³/mol. The number of nitriles is 2. The fourth-order valence-electron chi connectivity index (χ4n) is 12.2. The Morgan fingerprint density at radius 2 is 0.974 bits per heavy atom. The monoisotopic (exact) mass is 982 g/mol. The molecule has 2 aliphatic heterocycles. The molecule has 0 spiro atoms. The van der Waals surface area contributed by atoms with Gasteiger partial charge in [0.15, 0.2) is 0 Å². The second-order valence-corrected chi connectivity index (χ2v) is 21.1. The van der Waals surface area contributed by atoms with Crippen LogP contribution in [-0.4, -0.2) is 0 Å².